The summed E-state index contributed by atoms with van der Waals surface area (Å²) in [6, 6.07) is 5.43. The maximum Gasteiger partial charge on any atom is 0.405 e. The van der Waals surface area contributed by atoms with Gasteiger partial charge in [-0.05, 0) is 24.3 Å². The van der Waals surface area contributed by atoms with Crippen molar-refractivity contribution < 1.29 is 27.9 Å². The first-order chi connectivity index (χ1) is 12.8. The molecule has 0 fully saturated rings. The molecule has 0 aliphatic heterocycles. The van der Waals surface area contributed by atoms with E-state index in [9.17, 15) is 27.9 Å². The minimum Gasteiger partial charge on any atom is -0.476 e. The Kier molecular flexibility index (Phi) is 4.90. The Balaban J connectivity index is 1.90. The summed E-state index contributed by atoms with van der Waals surface area (Å²) in [5, 5.41) is 20.5. The van der Waals surface area contributed by atoms with Gasteiger partial charge in [-0.3, -0.25) is 4.79 Å². The summed E-state index contributed by atoms with van der Waals surface area (Å²) in [4.78, 5) is 27.2. The lowest BCUT2D eigenvalue weighted by atomic mass is 10.2. The average molecular weight is 397 g/mol. The molecule has 0 atom stereocenters. The lowest BCUT2D eigenvalue weighted by Gasteiger charge is -2.09. The minimum atomic E-state index is -4.51. The van der Waals surface area contributed by atoms with Crippen LogP contribution in [-0.4, -0.2) is 49.7 Å². The van der Waals surface area contributed by atoms with Crippen molar-refractivity contribution in [2.24, 2.45) is 0 Å². The number of hydrogen-bond acceptors (Lipinski definition) is 6. The molecule has 3 rings (SSSR count). The Hall–Kier alpha value is -3.28. The van der Waals surface area contributed by atoms with Gasteiger partial charge in [0.25, 0.3) is 5.91 Å². The standard InChI is InChI=1S/C15H10F3N5O3S/c16-15(17,18)7-20-12(24)8-1-3-9(4-2-8)23-11(13-19-5-6-27-13)10(14(25)26)21-22-23/h1-6H,7H2,(H,20,24)(H,25,26). The zero-order chi connectivity index (χ0) is 19.6. The molecule has 0 radical (unpaired) electrons. The van der Waals surface area contributed by atoms with Gasteiger partial charge in [0.1, 0.15) is 17.2 Å². The molecule has 1 amide bonds. The fourth-order valence-electron chi connectivity index (χ4n) is 2.18. The summed E-state index contributed by atoms with van der Waals surface area (Å²) >= 11 is 1.19. The smallest absolute Gasteiger partial charge is 0.405 e. The third-order valence-electron chi connectivity index (χ3n) is 3.33. The Bertz CT molecular complexity index is 968. The zero-order valence-electron chi connectivity index (χ0n) is 13.3. The van der Waals surface area contributed by atoms with E-state index in [4.69, 9.17) is 0 Å². The van der Waals surface area contributed by atoms with Crippen LogP contribution < -0.4 is 5.32 Å². The Morgan fingerprint density at radius 3 is 2.48 bits per heavy atom. The number of aromatic carboxylic acids is 1. The average Bonchev–Trinajstić information content (AvgIpc) is 3.28. The highest BCUT2D eigenvalue weighted by Crippen LogP contribution is 2.27. The second kappa shape index (κ2) is 7.15. The number of carbonyl (C=O) groups excluding carboxylic acids is 1. The number of carboxylic acid groups (broad SMARTS) is 1. The number of nitrogens with zero attached hydrogens (tertiary/aromatic N) is 4. The Morgan fingerprint density at radius 1 is 1.22 bits per heavy atom. The molecule has 2 heterocycles. The highest BCUT2D eigenvalue weighted by atomic mass is 32.1. The van der Waals surface area contributed by atoms with Gasteiger partial charge in [0, 0.05) is 17.1 Å². The lowest BCUT2D eigenvalue weighted by molar-refractivity contribution is -0.123. The second-order valence-corrected chi connectivity index (χ2v) is 6.08. The molecule has 3 aromatic rings. The van der Waals surface area contributed by atoms with Gasteiger partial charge in [-0.1, -0.05) is 5.21 Å². The van der Waals surface area contributed by atoms with E-state index in [2.05, 4.69) is 15.3 Å². The normalized spacial score (nSPS) is 11.4. The van der Waals surface area contributed by atoms with E-state index in [0.29, 0.717) is 10.7 Å². The molecule has 0 saturated heterocycles. The van der Waals surface area contributed by atoms with Crippen LogP contribution in [0.15, 0.2) is 35.8 Å². The van der Waals surface area contributed by atoms with Gasteiger partial charge < -0.3 is 10.4 Å². The summed E-state index contributed by atoms with van der Waals surface area (Å²) in [5.74, 6) is -2.17. The van der Waals surface area contributed by atoms with Crippen molar-refractivity contribution in [2.45, 2.75) is 6.18 Å². The molecule has 0 saturated carbocycles. The fourth-order valence-corrected chi connectivity index (χ4v) is 2.84. The number of hydrogen-bond donors (Lipinski definition) is 2. The van der Waals surface area contributed by atoms with Crippen LogP contribution in [0.4, 0.5) is 13.2 Å². The van der Waals surface area contributed by atoms with Gasteiger partial charge in [0.2, 0.25) is 5.69 Å². The monoisotopic (exact) mass is 397 g/mol. The van der Waals surface area contributed by atoms with Crippen LogP contribution in [0.2, 0.25) is 0 Å². The first kappa shape index (κ1) is 18.5. The van der Waals surface area contributed by atoms with Crippen LogP contribution in [0, 0.1) is 0 Å². The van der Waals surface area contributed by atoms with E-state index in [1.54, 1.807) is 10.7 Å². The molecular weight excluding hydrogens is 387 g/mol. The van der Waals surface area contributed by atoms with E-state index in [1.807, 2.05) is 0 Å². The van der Waals surface area contributed by atoms with E-state index in [0.717, 1.165) is 0 Å². The number of alkyl halides is 3. The SMILES string of the molecule is O=C(NCC(F)(F)F)c1ccc(-n2nnc(C(=O)O)c2-c2nccs2)cc1. The van der Waals surface area contributed by atoms with Crippen molar-refractivity contribution in [2.75, 3.05) is 6.54 Å². The lowest BCUT2D eigenvalue weighted by Crippen LogP contribution is -2.33. The van der Waals surface area contributed by atoms with Crippen molar-refractivity contribution in [1.82, 2.24) is 25.3 Å². The first-order valence-corrected chi connectivity index (χ1v) is 8.18. The van der Waals surface area contributed by atoms with Crippen LogP contribution in [0.5, 0.6) is 0 Å². The predicted octanol–water partition coefficient (Wildman–Crippen LogP) is 2.38. The van der Waals surface area contributed by atoms with Gasteiger partial charge >= 0.3 is 12.1 Å². The number of carboxylic acids is 1. The Labute approximate surface area is 153 Å². The summed E-state index contributed by atoms with van der Waals surface area (Å²) in [6.45, 7) is -1.44. The third kappa shape index (κ3) is 4.11. The predicted molar refractivity (Wildman–Crippen MR) is 87.8 cm³/mol. The number of rotatable bonds is 5. The number of halogens is 3. The highest BCUT2D eigenvalue weighted by molar-refractivity contribution is 7.13. The quantitative estimate of drug-likeness (QED) is 0.684. The molecule has 0 aliphatic carbocycles. The largest absolute Gasteiger partial charge is 0.476 e. The summed E-state index contributed by atoms with van der Waals surface area (Å²) in [5.41, 5.74) is 0.244. The Morgan fingerprint density at radius 2 is 1.93 bits per heavy atom. The number of thiazole rings is 1. The van der Waals surface area contributed by atoms with Crippen LogP contribution in [0.3, 0.4) is 0 Å². The number of benzene rings is 1. The molecule has 27 heavy (non-hydrogen) atoms. The minimum absolute atomic E-state index is 0.0115. The number of amides is 1. The summed E-state index contributed by atoms with van der Waals surface area (Å²) in [6.07, 6.45) is -3.01. The molecule has 12 heteroatoms. The summed E-state index contributed by atoms with van der Waals surface area (Å²) < 4.78 is 37.8. The van der Waals surface area contributed by atoms with E-state index in [1.165, 1.54) is 46.5 Å². The van der Waals surface area contributed by atoms with Gasteiger partial charge in [0.05, 0.1) is 5.69 Å². The fraction of sp³-hybridized carbons (Fsp3) is 0.133. The molecular formula is C15H10F3N5O3S. The van der Waals surface area contributed by atoms with Crippen molar-refractivity contribution in [3.8, 4) is 16.4 Å². The number of carbonyl (C=O) groups is 2. The van der Waals surface area contributed by atoms with Crippen LogP contribution in [0.1, 0.15) is 20.8 Å². The molecule has 2 aromatic heterocycles. The van der Waals surface area contributed by atoms with Crippen LogP contribution in [-0.2, 0) is 0 Å². The van der Waals surface area contributed by atoms with Gasteiger partial charge in [-0.15, -0.1) is 16.4 Å². The molecule has 0 bridgehead atoms. The second-order valence-electron chi connectivity index (χ2n) is 5.19. The van der Waals surface area contributed by atoms with Crippen LogP contribution in [0.25, 0.3) is 16.4 Å². The zero-order valence-corrected chi connectivity index (χ0v) is 14.1. The van der Waals surface area contributed by atoms with E-state index in [-0.39, 0.29) is 17.0 Å². The van der Waals surface area contributed by atoms with Gasteiger partial charge in [-0.2, -0.15) is 13.2 Å². The van der Waals surface area contributed by atoms with Crippen molar-refractivity contribution in [3.05, 3.63) is 47.1 Å². The van der Waals surface area contributed by atoms with Gasteiger partial charge in [0.15, 0.2) is 0 Å². The van der Waals surface area contributed by atoms with Gasteiger partial charge in [-0.25, -0.2) is 14.5 Å². The maximum absolute atomic E-state index is 12.2. The molecule has 2 N–H and O–H groups in total. The summed E-state index contributed by atoms with van der Waals surface area (Å²) in [7, 11) is 0. The van der Waals surface area contributed by atoms with Crippen molar-refractivity contribution >= 4 is 23.2 Å². The first-order valence-electron chi connectivity index (χ1n) is 7.30. The molecule has 0 spiro atoms. The molecule has 140 valence electrons. The molecule has 1 aromatic carbocycles. The molecule has 0 aliphatic rings. The van der Waals surface area contributed by atoms with E-state index < -0.39 is 24.6 Å². The van der Waals surface area contributed by atoms with Crippen LogP contribution >= 0.6 is 11.3 Å². The number of aromatic nitrogens is 4. The highest BCUT2D eigenvalue weighted by Gasteiger charge is 2.28. The van der Waals surface area contributed by atoms with Crippen molar-refractivity contribution in [1.29, 1.82) is 0 Å². The third-order valence-corrected chi connectivity index (χ3v) is 4.11. The molecule has 8 nitrogen and oxygen atoms in total. The number of nitrogens with one attached hydrogen (secondary N) is 1. The maximum atomic E-state index is 12.2. The molecule has 0 unspecified atom stereocenters. The topological polar surface area (TPSA) is 110 Å². The van der Waals surface area contributed by atoms with E-state index >= 15 is 0 Å². The van der Waals surface area contributed by atoms with Crippen molar-refractivity contribution in [3.63, 3.8) is 0 Å².